The lowest BCUT2D eigenvalue weighted by atomic mass is 10.1. The van der Waals surface area contributed by atoms with Gasteiger partial charge in [0, 0.05) is 19.7 Å². The Bertz CT molecular complexity index is 565. The monoisotopic (exact) mass is 378 g/mol. The van der Waals surface area contributed by atoms with Gasteiger partial charge >= 0.3 is 0 Å². The van der Waals surface area contributed by atoms with Gasteiger partial charge in [0.05, 0.1) is 6.54 Å². The van der Waals surface area contributed by atoms with Gasteiger partial charge in [0.15, 0.2) is 4.67 Å². The average molecular weight is 379 g/mol. The van der Waals surface area contributed by atoms with Crippen molar-refractivity contribution in [3.63, 3.8) is 0 Å². The lowest BCUT2D eigenvalue weighted by Crippen LogP contribution is -2.31. The molecule has 0 atom stereocenters. The molecule has 1 aromatic rings. The smallest absolute Gasteiger partial charge is 0.247 e. The Morgan fingerprint density at radius 3 is 2.71 bits per heavy atom. The van der Waals surface area contributed by atoms with E-state index in [1.54, 1.807) is 13.1 Å². The van der Waals surface area contributed by atoms with E-state index in [9.17, 15) is 8.42 Å². The van der Waals surface area contributed by atoms with Crippen molar-refractivity contribution >= 4 is 26.0 Å². The lowest BCUT2D eigenvalue weighted by Gasteiger charge is -2.20. The summed E-state index contributed by atoms with van der Waals surface area (Å²) in [4.78, 5) is 0.218. The molecule has 1 heterocycles. The van der Waals surface area contributed by atoms with Crippen molar-refractivity contribution in [2.45, 2.75) is 44.0 Å². The van der Waals surface area contributed by atoms with Gasteiger partial charge in [-0.3, -0.25) is 0 Å². The van der Waals surface area contributed by atoms with Crippen LogP contribution < -0.4 is 5.32 Å². The molecule has 1 saturated carbocycles. The lowest BCUT2D eigenvalue weighted by molar-refractivity contribution is 0.386. The highest BCUT2D eigenvalue weighted by Gasteiger charge is 2.29. The first kappa shape index (κ1) is 17.0. The minimum Gasteiger partial charge on any atom is -0.452 e. The van der Waals surface area contributed by atoms with E-state index in [1.165, 1.54) is 17.1 Å². The third kappa shape index (κ3) is 4.09. The number of hydrogen-bond donors (Lipinski definition) is 1. The second-order valence-corrected chi connectivity index (χ2v) is 8.30. The maximum absolute atomic E-state index is 12.6. The van der Waals surface area contributed by atoms with Gasteiger partial charge in [-0.25, -0.2) is 12.7 Å². The number of nitrogens with one attached hydrogen (secondary N) is 1. The average Bonchev–Trinajstić information content (AvgIpc) is 3.06. The van der Waals surface area contributed by atoms with Gasteiger partial charge in [-0.05, 0) is 41.2 Å². The molecule has 0 aromatic carbocycles. The molecule has 5 nitrogen and oxygen atoms in total. The van der Waals surface area contributed by atoms with E-state index in [1.807, 2.05) is 6.92 Å². The van der Waals surface area contributed by atoms with E-state index in [0.717, 1.165) is 19.4 Å². The standard InChI is InChI=1S/C14H23BrN2O3S/c1-3-16-9-12-8-13(14(15)20-12)21(18,19)17(2)10-11-6-4-5-7-11/h8,11,16H,3-7,9-10H2,1-2H3. The maximum atomic E-state index is 12.6. The fourth-order valence-corrected chi connectivity index (χ4v) is 4.94. The molecule has 2 rings (SSSR count). The topological polar surface area (TPSA) is 62.6 Å². The van der Waals surface area contributed by atoms with Gasteiger partial charge < -0.3 is 9.73 Å². The highest BCUT2D eigenvalue weighted by molar-refractivity contribution is 9.10. The Labute approximate surface area is 135 Å². The first-order valence-corrected chi connectivity index (χ1v) is 9.63. The number of sulfonamides is 1. The molecular formula is C14H23BrN2O3S. The zero-order valence-corrected chi connectivity index (χ0v) is 15.0. The summed E-state index contributed by atoms with van der Waals surface area (Å²) in [6.07, 6.45) is 4.66. The Hall–Kier alpha value is -0.370. The van der Waals surface area contributed by atoms with Crippen LogP contribution in [0.25, 0.3) is 0 Å². The third-order valence-electron chi connectivity index (χ3n) is 3.93. The van der Waals surface area contributed by atoms with Gasteiger partial charge in [-0.2, -0.15) is 0 Å². The minimum absolute atomic E-state index is 0.218. The predicted molar refractivity (Wildman–Crippen MR) is 85.6 cm³/mol. The van der Waals surface area contributed by atoms with E-state index in [2.05, 4.69) is 21.2 Å². The molecule has 0 radical (unpaired) electrons. The number of nitrogens with zero attached hydrogens (tertiary/aromatic N) is 1. The summed E-state index contributed by atoms with van der Waals surface area (Å²) in [7, 11) is -1.85. The van der Waals surface area contributed by atoms with E-state index < -0.39 is 10.0 Å². The van der Waals surface area contributed by atoms with Gasteiger partial charge in [0.1, 0.15) is 10.7 Å². The molecule has 0 saturated heterocycles. The summed E-state index contributed by atoms with van der Waals surface area (Å²) in [5, 5.41) is 3.12. The summed E-state index contributed by atoms with van der Waals surface area (Å²) in [6, 6.07) is 1.60. The molecule has 1 aliphatic carbocycles. The Balaban J connectivity index is 2.12. The second kappa shape index (κ2) is 7.26. The predicted octanol–water partition coefficient (Wildman–Crippen LogP) is 2.96. The van der Waals surface area contributed by atoms with Crippen LogP contribution in [0.5, 0.6) is 0 Å². The van der Waals surface area contributed by atoms with Crippen LogP contribution in [0.15, 0.2) is 20.0 Å². The van der Waals surface area contributed by atoms with E-state index in [0.29, 0.717) is 24.8 Å². The number of rotatable bonds is 7. The summed E-state index contributed by atoms with van der Waals surface area (Å²) >= 11 is 3.23. The summed E-state index contributed by atoms with van der Waals surface area (Å²) < 4.78 is 32.5. The number of hydrogen-bond acceptors (Lipinski definition) is 4. The molecule has 21 heavy (non-hydrogen) atoms. The van der Waals surface area contributed by atoms with Crippen molar-refractivity contribution in [2.75, 3.05) is 20.1 Å². The SMILES string of the molecule is CCNCc1cc(S(=O)(=O)N(C)CC2CCCC2)c(Br)o1. The van der Waals surface area contributed by atoms with Crippen LogP contribution in [0.2, 0.25) is 0 Å². The molecule has 1 N–H and O–H groups in total. The summed E-state index contributed by atoms with van der Waals surface area (Å²) in [6.45, 7) is 3.91. The second-order valence-electron chi connectivity index (χ2n) is 5.57. The molecule has 0 unspecified atom stereocenters. The van der Waals surface area contributed by atoms with Crippen molar-refractivity contribution < 1.29 is 12.8 Å². The van der Waals surface area contributed by atoms with Crippen molar-refractivity contribution in [3.8, 4) is 0 Å². The summed E-state index contributed by atoms with van der Waals surface area (Å²) in [5.74, 6) is 1.10. The van der Waals surface area contributed by atoms with Gasteiger partial charge in [0.25, 0.3) is 0 Å². The molecule has 120 valence electrons. The Kier molecular flexibility index (Phi) is 5.88. The van der Waals surface area contributed by atoms with E-state index in [4.69, 9.17) is 4.42 Å². The largest absolute Gasteiger partial charge is 0.452 e. The fourth-order valence-electron chi connectivity index (χ4n) is 2.73. The van der Waals surface area contributed by atoms with Crippen molar-refractivity contribution in [1.29, 1.82) is 0 Å². The quantitative estimate of drug-likeness (QED) is 0.791. The molecule has 0 spiro atoms. The van der Waals surface area contributed by atoms with Crippen LogP contribution in [0.1, 0.15) is 38.4 Å². The molecule has 1 aliphatic rings. The molecule has 0 bridgehead atoms. The molecule has 0 aliphatic heterocycles. The van der Waals surface area contributed by atoms with Crippen molar-refractivity contribution in [1.82, 2.24) is 9.62 Å². The maximum Gasteiger partial charge on any atom is 0.247 e. The molecule has 7 heteroatoms. The van der Waals surface area contributed by atoms with Crippen molar-refractivity contribution in [3.05, 3.63) is 16.5 Å². The van der Waals surface area contributed by atoms with Crippen LogP contribution >= 0.6 is 15.9 Å². The van der Waals surface area contributed by atoms with Crippen LogP contribution in [0, 0.1) is 5.92 Å². The molecule has 1 fully saturated rings. The third-order valence-corrected chi connectivity index (χ3v) is 6.61. The van der Waals surface area contributed by atoms with Crippen molar-refractivity contribution in [2.24, 2.45) is 5.92 Å². The number of furan rings is 1. The Morgan fingerprint density at radius 2 is 2.10 bits per heavy atom. The van der Waals surface area contributed by atoms with Crippen LogP contribution in [0.3, 0.4) is 0 Å². The molecule has 0 amide bonds. The van der Waals surface area contributed by atoms with Gasteiger partial charge in [-0.15, -0.1) is 0 Å². The van der Waals surface area contributed by atoms with Gasteiger partial charge in [-0.1, -0.05) is 19.8 Å². The first-order valence-electron chi connectivity index (χ1n) is 7.40. The zero-order valence-electron chi connectivity index (χ0n) is 12.6. The minimum atomic E-state index is -3.50. The highest BCUT2D eigenvalue weighted by atomic mass is 79.9. The van der Waals surface area contributed by atoms with Crippen LogP contribution in [-0.2, 0) is 16.6 Å². The molecular weight excluding hydrogens is 356 g/mol. The fraction of sp³-hybridized carbons (Fsp3) is 0.714. The summed E-state index contributed by atoms with van der Waals surface area (Å²) in [5.41, 5.74) is 0. The van der Waals surface area contributed by atoms with Crippen LogP contribution in [0.4, 0.5) is 0 Å². The molecule has 1 aromatic heterocycles. The Morgan fingerprint density at radius 1 is 1.43 bits per heavy atom. The number of halogens is 1. The zero-order chi connectivity index (χ0) is 15.5. The first-order chi connectivity index (χ1) is 9.95. The van der Waals surface area contributed by atoms with Gasteiger partial charge in [0.2, 0.25) is 10.0 Å². The normalized spacial score (nSPS) is 17.0. The van der Waals surface area contributed by atoms with E-state index in [-0.39, 0.29) is 9.56 Å². The van der Waals surface area contributed by atoms with E-state index >= 15 is 0 Å². The van der Waals surface area contributed by atoms with Crippen LogP contribution in [-0.4, -0.2) is 32.9 Å². The highest BCUT2D eigenvalue weighted by Crippen LogP contribution is 2.31.